The summed E-state index contributed by atoms with van der Waals surface area (Å²) < 4.78 is 99.4. The third-order valence-corrected chi connectivity index (χ3v) is 17.2. The summed E-state index contributed by atoms with van der Waals surface area (Å²) in [4.78, 5) is 66.9. The Morgan fingerprint density at radius 2 is 0.561 bits per heavy atom. The van der Waals surface area contributed by atoms with E-state index in [1.54, 1.807) is 0 Å². The lowest BCUT2D eigenvalue weighted by molar-refractivity contribution is 0.0175. The first-order chi connectivity index (χ1) is 46.7. The van der Waals surface area contributed by atoms with Crippen molar-refractivity contribution in [1.82, 2.24) is 63.8 Å². The molecule has 0 aliphatic heterocycles. The molecule has 0 bridgehead atoms. The van der Waals surface area contributed by atoms with Gasteiger partial charge in [-0.3, -0.25) is 0 Å². The zero-order valence-corrected chi connectivity index (χ0v) is 61.8. The summed E-state index contributed by atoms with van der Waals surface area (Å²) >= 11 is 28.5. The number of hydrogen-bond donors (Lipinski definition) is 12. The van der Waals surface area contributed by atoms with E-state index in [9.17, 15) is 63.9 Å². The molecule has 0 aliphatic rings. The lowest BCUT2D eigenvalue weighted by Gasteiger charge is -2.15. The lowest BCUT2D eigenvalue weighted by Crippen LogP contribution is -2.36. The van der Waals surface area contributed by atoms with Crippen molar-refractivity contribution in [3.8, 4) is 0 Å². The number of aryl methyl sites for hydroxylation is 4. The minimum absolute atomic E-state index is 0.0130. The van der Waals surface area contributed by atoms with Gasteiger partial charge in [0.05, 0.1) is 5.02 Å². The highest BCUT2D eigenvalue weighted by Crippen LogP contribution is 2.34. The number of rotatable bonds is 25. The van der Waals surface area contributed by atoms with Crippen LogP contribution in [0.2, 0.25) is 20.1 Å². The van der Waals surface area contributed by atoms with E-state index >= 15 is 0 Å². The molecule has 0 fully saturated rings. The summed E-state index contributed by atoms with van der Waals surface area (Å²) in [5, 5.41) is 31.6. The van der Waals surface area contributed by atoms with Crippen molar-refractivity contribution in [2.75, 3.05) is 79.3 Å². The Morgan fingerprint density at radius 3 is 0.847 bits per heavy atom. The number of halogens is 14. The molecule has 0 radical (unpaired) electrons. The van der Waals surface area contributed by atoms with E-state index in [2.05, 4.69) is 109 Å². The van der Waals surface area contributed by atoms with Gasteiger partial charge in [-0.2, -0.15) is 0 Å². The minimum atomic E-state index is -3.05. The summed E-state index contributed by atoms with van der Waals surface area (Å²) in [5.41, 5.74) is 8.80. The van der Waals surface area contributed by atoms with Crippen LogP contribution in [0.3, 0.4) is 0 Å². The minimum Gasteiger partial charge on any atom is -0.336 e. The van der Waals surface area contributed by atoms with Crippen LogP contribution in [0.15, 0.2) is 115 Å². The molecule has 6 aromatic rings. The highest BCUT2D eigenvalue weighted by Gasteiger charge is 2.28. The highest BCUT2D eigenvalue weighted by molar-refractivity contribution is 14.1. The van der Waals surface area contributed by atoms with E-state index in [0.717, 1.165) is 58.6 Å². The Kier molecular flexibility index (Phi) is 47.3. The van der Waals surface area contributed by atoms with Gasteiger partial charge in [-0.1, -0.05) is 156 Å². The van der Waals surface area contributed by atoms with Crippen molar-refractivity contribution in [3.63, 3.8) is 0 Å². The molecule has 98 heavy (non-hydrogen) atoms. The van der Waals surface area contributed by atoms with Crippen LogP contribution in [0.4, 0.5) is 63.9 Å². The van der Waals surface area contributed by atoms with Crippen molar-refractivity contribution in [3.05, 3.63) is 204 Å². The molecule has 0 atom stereocenters. The van der Waals surface area contributed by atoms with E-state index < -0.39 is 70.1 Å². The molecule has 32 heteroatoms. The maximum atomic E-state index is 13.2. The molecule has 540 valence electrons. The number of benzene rings is 6. The summed E-state index contributed by atoms with van der Waals surface area (Å²) in [6, 6.07) is 32.3. The number of urea groups is 6. The third-order valence-electron chi connectivity index (χ3n) is 12.5. The van der Waals surface area contributed by atoms with Gasteiger partial charge in [0.15, 0.2) is 0 Å². The van der Waals surface area contributed by atoms with Gasteiger partial charge in [0.2, 0.25) is 0 Å². The predicted octanol–water partition coefficient (Wildman–Crippen LogP) is 14.9. The molecular formula is C66H82Cl4F8I2N12O6. The molecule has 0 saturated carbocycles. The summed E-state index contributed by atoms with van der Waals surface area (Å²) in [5.74, 6) is -3.05. The summed E-state index contributed by atoms with van der Waals surface area (Å²) in [6.07, 6.45) is 0. The van der Waals surface area contributed by atoms with Crippen LogP contribution in [0.25, 0.3) is 0 Å². The maximum absolute atomic E-state index is 13.2. The van der Waals surface area contributed by atoms with Gasteiger partial charge >= 0.3 is 36.2 Å². The van der Waals surface area contributed by atoms with Crippen molar-refractivity contribution >= 4 is 128 Å². The van der Waals surface area contributed by atoms with Crippen molar-refractivity contribution in [1.29, 1.82) is 0 Å². The first-order valence-electron chi connectivity index (χ1n) is 30.0. The monoisotopic (exact) mass is 1680 g/mol. The fourth-order valence-corrected chi connectivity index (χ4v) is 9.53. The molecule has 0 saturated heterocycles. The number of nitrogens with one attached hydrogen (secondary N) is 12. The second-order valence-electron chi connectivity index (χ2n) is 20.2. The zero-order valence-electron chi connectivity index (χ0n) is 54.4. The first kappa shape index (κ1) is 89.0. The van der Waals surface area contributed by atoms with E-state index in [0.29, 0.717) is 53.4 Å². The molecule has 12 amide bonds. The number of amides is 12. The van der Waals surface area contributed by atoms with Crippen LogP contribution in [-0.2, 0) is 45.2 Å². The highest BCUT2D eigenvalue weighted by atomic mass is 127. The quantitative estimate of drug-likeness (QED) is 0.0196. The van der Waals surface area contributed by atoms with Crippen LogP contribution < -0.4 is 63.8 Å². The average molecular weight is 1690 g/mol. The molecule has 0 aliphatic carbocycles. The molecule has 0 unspecified atom stereocenters. The first-order valence-corrected chi connectivity index (χ1v) is 33.7. The van der Waals surface area contributed by atoms with E-state index in [1.165, 1.54) is 23.8 Å². The normalized spacial score (nSPS) is 10.2. The van der Waals surface area contributed by atoms with Gasteiger partial charge < -0.3 is 63.8 Å². The Morgan fingerprint density at radius 1 is 0.327 bits per heavy atom. The standard InChI is InChI=1S/C12H14ClF3N2O.3C11H14ClFN2O.C11H14FIN2O.C10H12FIN2O/c1-12(15,16)9-4-2-3-8(10(9)13)7-18-11(19)17-6-5-14;3*1-8-3-2-4-9(10(8)12)7-15-11(16)14-6-5-13;1-8-3-2-4-9(10(8)13)7-15-11(16)14-6-5-12;11-5-6-13-10(15)14-7-8-3-1-2-4-9(8)12/h2-4H,5-7H2,1H3,(H2,17,18,19);4*2-4H,5-7H2,1H3,(H2,14,15,16);1-4H,5-7H2,(H2,13,14,15). The second-order valence-corrected chi connectivity index (χ2v) is 24.0. The number of carbonyl (C=O) groups is 6. The number of alkyl halides is 8. The molecule has 6 aromatic carbocycles. The lowest BCUT2D eigenvalue weighted by atomic mass is 10.1. The Balaban J connectivity index is 0.000000589. The fraction of sp³-hybridized carbons (Fsp3) is 0.364. The van der Waals surface area contributed by atoms with Crippen LogP contribution in [-0.4, -0.2) is 116 Å². The van der Waals surface area contributed by atoms with Crippen molar-refractivity contribution in [2.24, 2.45) is 0 Å². The van der Waals surface area contributed by atoms with E-state index in [-0.39, 0.29) is 68.5 Å². The average Bonchev–Trinajstić information content (AvgIpc) is 0.736. The topological polar surface area (TPSA) is 247 Å². The van der Waals surface area contributed by atoms with Gasteiger partial charge in [-0.25, -0.2) is 63.9 Å². The molecule has 6 rings (SSSR count). The smallest absolute Gasteiger partial charge is 0.315 e. The zero-order chi connectivity index (χ0) is 73.4. The van der Waals surface area contributed by atoms with Crippen LogP contribution in [0.5, 0.6) is 0 Å². The van der Waals surface area contributed by atoms with Crippen LogP contribution >= 0.6 is 91.6 Å². The van der Waals surface area contributed by atoms with Gasteiger partial charge in [0, 0.05) is 113 Å². The van der Waals surface area contributed by atoms with Gasteiger partial charge in [0.1, 0.15) is 40.0 Å². The predicted molar refractivity (Wildman–Crippen MR) is 390 cm³/mol. The summed E-state index contributed by atoms with van der Waals surface area (Å²) in [7, 11) is 0. The molecule has 0 heterocycles. The summed E-state index contributed by atoms with van der Waals surface area (Å²) in [6.45, 7) is 6.95. The number of hydrogen-bond acceptors (Lipinski definition) is 6. The van der Waals surface area contributed by atoms with E-state index in [4.69, 9.17) is 46.4 Å². The maximum Gasteiger partial charge on any atom is 0.315 e. The molecule has 0 spiro atoms. The van der Waals surface area contributed by atoms with Gasteiger partial charge in [-0.15, -0.1) is 0 Å². The van der Waals surface area contributed by atoms with Gasteiger partial charge in [0.25, 0.3) is 5.92 Å². The molecule has 12 N–H and O–H groups in total. The van der Waals surface area contributed by atoms with Crippen LogP contribution in [0, 0.1) is 34.8 Å². The fourth-order valence-electron chi connectivity index (χ4n) is 7.47. The number of carbonyl (C=O) groups excluding carboxylic acids is 6. The van der Waals surface area contributed by atoms with Crippen molar-refractivity contribution < 1.29 is 63.9 Å². The van der Waals surface area contributed by atoms with Crippen LogP contribution in [0.1, 0.15) is 68.1 Å². The Bertz CT molecular complexity index is 3110. The third kappa shape index (κ3) is 38.4. The molecule has 0 aromatic heterocycles. The Hall–Kier alpha value is -7.00. The Labute approximate surface area is 613 Å². The second kappa shape index (κ2) is 52.1. The van der Waals surface area contributed by atoms with Crippen molar-refractivity contribution in [2.45, 2.75) is 79.8 Å². The molecule has 18 nitrogen and oxygen atoms in total. The van der Waals surface area contributed by atoms with E-state index in [1.807, 2.05) is 125 Å². The SMILES string of the molecule is CC(F)(F)c1cccc(CNC(=O)NCCF)c1Cl.Cc1cccc(CNC(=O)NCCF)c1Cl.Cc1cccc(CNC(=O)NCCF)c1Cl.Cc1cccc(CNC(=O)NCCF)c1Cl.Cc1cccc(CNC(=O)NCCF)c1I.O=C(NCCF)NCc1ccccc1I. The molecular weight excluding hydrogens is 1600 g/mol. The largest absolute Gasteiger partial charge is 0.336 e. The van der Waals surface area contributed by atoms with Gasteiger partial charge in [-0.05, 0) is 135 Å².